The number of nitrogens with one attached hydrogen (secondary N) is 1. The smallest absolute Gasteiger partial charge is 0.261 e. The fraction of sp³-hybridized carbons (Fsp3) is 0. The molecule has 100 valence electrons. The number of aromatic hydroxyl groups is 1. The van der Waals surface area contributed by atoms with Gasteiger partial charge in [0.25, 0.3) is 10.0 Å². The normalized spacial score (nSPS) is 11.3. The highest BCUT2D eigenvalue weighted by Gasteiger charge is 2.16. The van der Waals surface area contributed by atoms with E-state index < -0.39 is 10.0 Å². The summed E-state index contributed by atoms with van der Waals surface area (Å²) in [6.07, 6.45) is 0. The molecule has 0 spiro atoms. The van der Waals surface area contributed by atoms with Gasteiger partial charge in [0.1, 0.15) is 5.75 Å². The van der Waals surface area contributed by atoms with Crippen molar-refractivity contribution < 1.29 is 13.5 Å². The Hall–Kier alpha value is -1.43. The fourth-order valence-electron chi connectivity index (χ4n) is 1.42. The molecule has 0 heterocycles. The van der Waals surface area contributed by atoms with Crippen LogP contribution >= 0.6 is 23.2 Å². The van der Waals surface area contributed by atoms with E-state index in [1.165, 1.54) is 36.4 Å². The Kier molecular flexibility index (Phi) is 3.89. The first kappa shape index (κ1) is 14.0. The molecule has 0 aromatic heterocycles. The third kappa shape index (κ3) is 3.32. The van der Waals surface area contributed by atoms with E-state index in [-0.39, 0.29) is 21.4 Å². The highest BCUT2D eigenvalue weighted by molar-refractivity contribution is 7.92. The Morgan fingerprint density at radius 3 is 2.42 bits per heavy atom. The maximum absolute atomic E-state index is 12.1. The molecular weight excluding hydrogens is 309 g/mol. The molecule has 0 saturated carbocycles. The van der Waals surface area contributed by atoms with Gasteiger partial charge in [-0.2, -0.15) is 0 Å². The summed E-state index contributed by atoms with van der Waals surface area (Å²) in [7, 11) is -3.77. The van der Waals surface area contributed by atoms with E-state index in [2.05, 4.69) is 4.72 Å². The van der Waals surface area contributed by atoms with E-state index in [0.717, 1.165) is 0 Å². The van der Waals surface area contributed by atoms with Crippen LogP contribution in [0.5, 0.6) is 5.75 Å². The monoisotopic (exact) mass is 317 g/mol. The zero-order valence-electron chi connectivity index (χ0n) is 9.47. The second-order valence-corrected chi connectivity index (χ2v) is 6.25. The molecule has 0 aliphatic rings. The lowest BCUT2D eigenvalue weighted by molar-refractivity contribution is 0.475. The summed E-state index contributed by atoms with van der Waals surface area (Å²) in [5.74, 6) is -0.0456. The minimum absolute atomic E-state index is 0.0316. The van der Waals surface area contributed by atoms with Crippen LogP contribution in [0.2, 0.25) is 10.0 Å². The van der Waals surface area contributed by atoms with E-state index in [0.29, 0.717) is 5.02 Å². The maximum Gasteiger partial charge on any atom is 0.261 e. The SMILES string of the molecule is O=S(=O)(Nc1ccc(O)cc1Cl)c1cccc(Cl)c1. The first-order chi connectivity index (χ1) is 8.88. The van der Waals surface area contributed by atoms with Crippen molar-refractivity contribution in [3.05, 3.63) is 52.5 Å². The van der Waals surface area contributed by atoms with E-state index in [4.69, 9.17) is 23.2 Å². The number of hydrogen-bond donors (Lipinski definition) is 2. The van der Waals surface area contributed by atoms with Gasteiger partial charge < -0.3 is 5.11 Å². The van der Waals surface area contributed by atoms with Gasteiger partial charge in [-0.1, -0.05) is 29.3 Å². The topological polar surface area (TPSA) is 66.4 Å². The van der Waals surface area contributed by atoms with Gasteiger partial charge in [0, 0.05) is 11.1 Å². The predicted octanol–water partition coefficient (Wildman–Crippen LogP) is 3.50. The molecule has 19 heavy (non-hydrogen) atoms. The Bertz CT molecular complexity index is 717. The van der Waals surface area contributed by atoms with Crippen LogP contribution in [-0.4, -0.2) is 13.5 Å². The molecule has 2 aromatic carbocycles. The van der Waals surface area contributed by atoms with Crippen molar-refractivity contribution in [3.8, 4) is 5.75 Å². The molecule has 4 nitrogen and oxygen atoms in total. The summed E-state index contributed by atoms with van der Waals surface area (Å²) < 4.78 is 26.5. The zero-order valence-corrected chi connectivity index (χ0v) is 11.8. The lowest BCUT2D eigenvalue weighted by Crippen LogP contribution is -2.13. The van der Waals surface area contributed by atoms with Crippen molar-refractivity contribution in [1.29, 1.82) is 0 Å². The van der Waals surface area contributed by atoms with Crippen LogP contribution in [-0.2, 0) is 10.0 Å². The molecule has 0 atom stereocenters. The third-order valence-corrected chi connectivity index (χ3v) is 4.21. The van der Waals surface area contributed by atoms with Crippen molar-refractivity contribution in [1.82, 2.24) is 0 Å². The second kappa shape index (κ2) is 5.28. The standard InChI is InChI=1S/C12H9Cl2NO3S/c13-8-2-1-3-10(6-8)19(17,18)15-12-5-4-9(16)7-11(12)14/h1-7,15-16H. The minimum atomic E-state index is -3.77. The third-order valence-electron chi connectivity index (χ3n) is 2.30. The quantitative estimate of drug-likeness (QED) is 0.851. The van der Waals surface area contributed by atoms with Gasteiger partial charge in [-0.15, -0.1) is 0 Å². The lowest BCUT2D eigenvalue weighted by Gasteiger charge is -2.10. The number of phenolic OH excluding ortho intramolecular Hbond substituents is 1. The van der Waals surface area contributed by atoms with Crippen molar-refractivity contribution in [2.75, 3.05) is 4.72 Å². The van der Waals surface area contributed by atoms with Crippen LogP contribution in [0.4, 0.5) is 5.69 Å². The number of benzene rings is 2. The summed E-state index contributed by atoms with van der Waals surface area (Å²) in [6.45, 7) is 0. The van der Waals surface area contributed by atoms with Crippen molar-refractivity contribution in [2.45, 2.75) is 4.90 Å². The number of rotatable bonds is 3. The number of phenols is 1. The van der Waals surface area contributed by atoms with Crippen LogP contribution in [0, 0.1) is 0 Å². The highest BCUT2D eigenvalue weighted by atomic mass is 35.5. The highest BCUT2D eigenvalue weighted by Crippen LogP contribution is 2.28. The van der Waals surface area contributed by atoms with Gasteiger partial charge in [-0.05, 0) is 30.3 Å². The minimum Gasteiger partial charge on any atom is -0.508 e. The average Bonchev–Trinajstić information content (AvgIpc) is 2.33. The van der Waals surface area contributed by atoms with Crippen LogP contribution < -0.4 is 4.72 Å². The lowest BCUT2D eigenvalue weighted by atomic mass is 10.3. The van der Waals surface area contributed by atoms with Gasteiger partial charge in [0.15, 0.2) is 0 Å². The number of anilines is 1. The van der Waals surface area contributed by atoms with Crippen molar-refractivity contribution in [2.24, 2.45) is 0 Å². The molecule has 0 aliphatic heterocycles. The molecule has 0 bridgehead atoms. The molecule has 0 fully saturated rings. The molecule has 2 N–H and O–H groups in total. The van der Waals surface area contributed by atoms with Gasteiger partial charge in [0.2, 0.25) is 0 Å². The summed E-state index contributed by atoms with van der Waals surface area (Å²) in [6, 6.07) is 9.82. The number of hydrogen-bond acceptors (Lipinski definition) is 3. The molecule has 2 rings (SSSR count). The molecule has 2 aromatic rings. The predicted molar refractivity (Wildman–Crippen MR) is 75.4 cm³/mol. The van der Waals surface area contributed by atoms with Crippen LogP contribution in [0.3, 0.4) is 0 Å². The molecule has 7 heteroatoms. The van der Waals surface area contributed by atoms with Crippen molar-refractivity contribution >= 4 is 38.9 Å². The molecule has 0 radical (unpaired) electrons. The largest absolute Gasteiger partial charge is 0.508 e. The van der Waals surface area contributed by atoms with Crippen LogP contribution in [0.25, 0.3) is 0 Å². The van der Waals surface area contributed by atoms with Gasteiger partial charge in [-0.25, -0.2) is 8.42 Å². The number of halogens is 2. The summed E-state index contributed by atoms with van der Waals surface area (Å²) in [5.41, 5.74) is 0.180. The summed E-state index contributed by atoms with van der Waals surface area (Å²) >= 11 is 11.6. The fourth-order valence-corrected chi connectivity index (χ4v) is 3.08. The van der Waals surface area contributed by atoms with Gasteiger partial charge >= 0.3 is 0 Å². The Labute approximate surface area is 120 Å². The molecule has 0 saturated heterocycles. The maximum atomic E-state index is 12.1. The average molecular weight is 318 g/mol. The first-order valence-corrected chi connectivity index (χ1v) is 7.39. The van der Waals surface area contributed by atoms with Crippen LogP contribution in [0.1, 0.15) is 0 Å². The Balaban J connectivity index is 2.36. The van der Waals surface area contributed by atoms with E-state index >= 15 is 0 Å². The number of sulfonamides is 1. The molecule has 0 unspecified atom stereocenters. The Morgan fingerprint density at radius 1 is 1.05 bits per heavy atom. The molecule has 0 amide bonds. The Morgan fingerprint density at radius 2 is 1.79 bits per heavy atom. The summed E-state index contributed by atoms with van der Waals surface area (Å²) in [5, 5.41) is 9.63. The first-order valence-electron chi connectivity index (χ1n) is 5.15. The van der Waals surface area contributed by atoms with Crippen LogP contribution in [0.15, 0.2) is 47.4 Å². The molecular formula is C12H9Cl2NO3S. The van der Waals surface area contributed by atoms with Gasteiger partial charge in [0.05, 0.1) is 15.6 Å². The molecule has 0 aliphatic carbocycles. The van der Waals surface area contributed by atoms with Gasteiger partial charge in [-0.3, -0.25) is 4.72 Å². The second-order valence-electron chi connectivity index (χ2n) is 3.73. The van der Waals surface area contributed by atoms with Crippen molar-refractivity contribution in [3.63, 3.8) is 0 Å². The van der Waals surface area contributed by atoms with E-state index in [9.17, 15) is 13.5 Å². The summed E-state index contributed by atoms with van der Waals surface area (Å²) in [4.78, 5) is 0.0316. The zero-order chi connectivity index (χ0) is 14.0. The van der Waals surface area contributed by atoms with E-state index in [1.807, 2.05) is 0 Å². The van der Waals surface area contributed by atoms with E-state index in [1.54, 1.807) is 6.07 Å².